The first kappa shape index (κ1) is 22.5. The summed E-state index contributed by atoms with van der Waals surface area (Å²) in [7, 11) is 1.81. The van der Waals surface area contributed by atoms with Crippen LogP contribution in [0.3, 0.4) is 0 Å². The Morgan fingerprint density at radius 1 is 1.39 bits per heavy atom. The lowest BCUT2D eigenvalue weighted by atomic mass is 10.1. The van der Waals surface area contributed by atoms with Crippen molar-refractivity contribution in [1.29, 1.82) is 5.26 Å². The molecule has 1 heterocycles. The van der Waals surface area contributed by atoms with E-state index in [9.17, 15) is 20.2 Å². The zero-order valence-electron chi connectivity index (χ0n) is 18.5. The summed E-state index contributed by atoms with van der Waals surface area (Å²) in [4.78, 5) is 25.4. The second-order valence-corrected chi connectivity index (χ2v) is 8.35. The van der Waals surface area contributed by atoms with Gasteiger partial charge in [0.25, 0.3) is 5.69 Å². The van der Waals surface area contributed by atoms with Crippen molar-refractivity contribution in [3.63, 3.8) is 0 Å². The second kappa shape index (κ2) is 9.31. The zero-order chi connectivity index (χ0) is 22.7. The molecule has 1 atom stereocenters. The molecule has 0 saturated heterocycles. The van der Waals surface area contributed by atoms with Crippen molar-refractivity contribution >= 4 is 17.4 Å². The van der Waals surface area contributed by atoms with Gasteiger partial charge in [-0.3, -0.25) is 19.8 Å². The lowest BCUT2D eigenvalue weighted by Gasteiger charge is -2.25. The van der Waals surface area contributed by atoms with Gasteiger partial charge in [-0.25, -0.2) is 0 Å². The van der Waals surface area contributed by atoms with Gasteiger partial charge in [0, 0.05) is 29.9 Å². The number of carbonyl (C=O) groups is 1. The third kappa shape index (κ3) is 4.62. The molecule has 2 aromatic rings. The molecule has 0 spiro atoms. The molecule has 1 saturated carbocycles. The number of amides is 1. The number of carbonyl (C=O) groups excluding carboxylic acids is 1. The first-order valence-corrected chi connectivity index (χ1v) is 10.6. The van der Waals surface area contributed by atoms with E-state index in [1.807, 2.05) is 31.7 Å². The number of benzene rings is 1. The highest BCUT2D eigenvalue weighted by atomic mass is 16.6. The number of rotatable bonds is 7. The molecule has 3 rings (SSSR count). The van der Waals surface area contributed by atoms with Gasteiger partial charge in [-0.2, -0.15) is 5.26 Å². The molecule has 1 aromatic heterocycles. The molecular weight excluding hydrogens is 394 g/mol. The Kier molecular flexibility index (Phi) is 6.76. The molecule has 31 heavy (non-hydrogen) atoms. The minimum Gasteiger partial charge on any atom is -0.327 e. The number of likely N-dealkylation sites (N-methyl/N-ethyl adjacent to an activating group) is 1. The van der Waals surface area contributed by atoms with Gasteiger partial charge >= 0.3 is 0 Å². The first-order chi connectivity index (χ1) is 14.7. The van der Waals surface area contributed by atoms with Gasteiger partial charge in [0.2, 0.25) is 5.91 Å². The Bertz CT molecular complexity index is 1030. The molecule has 0 radical (unpaired) electrons. The van der Waals surface area contributed by atoms with E-state index in [0.717, 1.165) is 42.5 Å². The van der Waals surface area contributed by atoms with Gasteiger partial charge in [0.05, 0.1) is 17.0 Å². The monoisotopic (exact) mass is 423 g/mol. The Morgan fingerprint density at radius 3 is 2.68 bits per heavy atom. The zero-order valence-corrected chi connectivity index (χ0v) is 18.5. The Labute approximate surface area is 182 Å². The number of nitro benzene ring substituents is 1. The molecule has 8 nitrogen and oxygen atoms in total. The third-order valence-electron chi connectivity index (χ3n) is 6.43. The second-order valence-electron chi connectivity index (χ2n) is 8.35. The van der Waals surface area contributed by atoms with Crippen LogP contribution in [-0.2, 0) is 4.79 Å². The molecule has 1 unspecified atom stereocenters. The van der Waals surface area contributed by atoms with Gasteiger partial charge in [0.15, 0.2) is 0 Å². The number of nitrogens with zero attached hydrogens (tertiary/aromatic N) is 4. The van der Waals surface area contributed by atoms with E-state index in [2.05, 4.69) is 16.0 Å². The van der Waals surface area contributed by atoms with Gasteiger partial charge in [0.1, 0.15) is 11.9 Å². The van der Waals surface area contributed by atoms with Crippen molar-refractivity contribution in [2.45, 2.75) is 58.5 Å². The van der Waals surface area contributed by atoms with Crippen molar-refractivity contribution < 1.29 is 9.72 Å². The quantitative estimate of drug-likeness (QED) is 0.516. The molecule has 1 aliphatic rings. The fourth-order valence-corrected chi connectivity index (χ4v) is 4.39. The first-order valence-electron chi connectivity index (χ1n) is 10.6. The molecular formula is C23H29N5O3. The van der Waals surface area contributed by atoms with Gasteiger partial charge in [-0.1, -0.05) is 25.0 Å². The Morgan fingerprint density at radius 2 is 2.06 bits per heavy atom. The fourth-order valence-electron chi connectivity index (χ4n) is 4.39. The maximum atomic E-state index is 12.9. The van der Waals surface area contributed by atoms with Crippen LogP contribution in [0.2, 0.25) is 0 Å². The normalized spacial score (nSPS) is 15.1. The minimum absolute atomic E-state index is 0.0289. The highest BCUT2D eigenvalue weighted by Crippen LogP contribution is 2.37. The summed E-state index contributed by atoms with van der Waals surface area (Å²) in [6.07, 6.45) is 4.40. The van der Waals surface area contributed by atoms with Crippen molar-refractivity contribution in [3.05, 3.63) is 56.8 Å². The van der Waals surface area contributed by atoms with E-state index < -0.39 is 4.92 Å². The summed E-state index contributed by atoms with van der Waals surface area (Å²) in [6, 6.07) is 8.83. The van der Waals surface area contributed by atoms with Gasteiger partial charge in [-0.15, -0.1) is 0 Å². The number of hydrogen-bond donors (Lipinski definition) is 1. The third-order valence-corrected chi connectivity index (χ3v) is 6.43. The summed E-state index contributed by atoms with van der Waals surface area (Å²) >= 11 is 0. The predicted molar refractivity (Wildman–Crippen MR) is 119 cm³/mol. The molecule has 8 heteroatoms. The fraction of sp³-hybridized carbons (Fsp3) is 0.478. The number of nitro groups is 1. The van der Waals surface area contributed by atoms with Crippen LogP contribution in [0.1, 0.15) is 67.1 Å². The van der Waals surface area contributed by atoms with Gasteiger partial charge < -0.3 is 9.88 Å². The number of anilines is 1. The van der Waals surface area contributed by atoms with Gasteiger partial charge in [-0.05, 0) is 51.8 Å². The number of aromatic nitrogens is 1. The van der Waals surface area contributed by atoms with E-state index in [1.54, 1.807) is 13.1 Å². The topological polar surface area (TPSA) is 104 Å². The number of nitriles is 1. The number of nitrogens with one attached hydrogen (secondary N) is 1. The molecule has 1 N–H and O–H groups in total. The van der Waals surface area contributed by atoms with E-state index >= 15 is 0 Å². The van der Waals surface area contributed by atoms with E-state index in [-0.39, 0.29) is 24.2 Å². The maximum Gasteiger partial charge on any atom is 0.269 e. The van der Waals surface area contributed by atoms with Crippen molar-refractivity contribution in [2.24, 2.45) is 0 Å². The number of non-ortho nitro benzene ring substituents is 1. The molecule has 0 aliphatic heterocycles. The van der Waals surface area contributed by atoms with Crippen LogP contribution < -0.4 is 5.32 Å². The van der Waals surface area contributed by atoms with Crippen LogP contribution >= 0.6 is 0 Å². The minimum atomic E-state index is -0.422. The highest BCUT2D eigenvalue weighted by Gasteiger charge is 2.27. The largest absolute Gasteiger partial charge is 0.327 e. The van der Waals surface area contributed by atoms with Crippen LogP contribution in [0.15, 0.2) is 24.3 Å². The molecule has 1 aliphatic carbocycles. The summed E-state index contributed by atoms with van der Waals surface area (Å²) in [6.45, 7) is 5.93. The van der Waals surface area contributed by atoms with Crippen molar-refractivity contribution in [3.8, 4) is 6.07 Å². The van der Waals surface area contributed by atoms with Crippen LogP contribution in [0.4, 0.5) is 11.5 Å². The van der Waals surface area contributed by atoms with Crippen LogP contribution in [0, 0.1) is 35.3 Å². The Hall–Kier alpha value is -3.18. The summed E-state index contributed by atoms with van der Waals surface area (Å²) in [5.74, 6) is 0.374. The molecule has 0 bridgehead atoms. The van der Waals surface area contributed by atoms with Crippen LogP contribution in [0.25, 0.3) is 0 Å². The summed E-state index contributed by atoms with van der Waals surface area (Å²) in [5, 5.41) is 23.7. The predicted octanol–water partition coefficient (Wildman–Crippen LogP) is 4.63. The molecule has 164 valence electrons. The summed E-state index contributed by atoms with van der Waals surface area (Å²) < 4.78 is 2.13. The molecule has 1 amide bonds. The van der Waals surface area contributed by atoms with Crippen LogP contribution in [0.5, 0.6) is 0 Å². The lowest BCUT2D eigenvalue weighted by Crippen LogP contribution is -2.33. The lowest BCUT2D eigenvalue weighted by molar-refractivity contribution is -0.384. The van der Waals surface area contributed by atoms with Crippen molar-refractivity contribution in [1.82, 2.24) is 9.47 Å². The molecule has 1 aromatic carbocycles. The highest BCUT2D eigenvalue weighted by molar-refractivity contribution is 5.93. The van der Waals surface area contributed by atoms with E-state index in [1.165, 1.54) is 12.1 Å². The maximum absolute atomic E-state index is 12.9. The number of hydrogen-bond acceptors (Lipinski definition) is 5. The van der Waals surface area contributed by atoms with Crippen molar-refractivity contribution in [2.75, 3.05) is 18.9 Å². The Balaban J connectivity index is 1.78. The van der Waals surface area contributed by atoms with E-state index in [0.29, 0.717) is 17.4 Å². The SMILES string of the molecule is Cc1c(C#N)c(NC(=O)CN(C)C(C)c2cccc([N+](=O)[O-])c2)n(C2CCCC2)c1C. The average Bonchev–Trinajstić information content (AvgIpc) is 3.34. The van der Waals surface area contributed by atoms with Crippen LogP contribution in [-0.4, -0.2) is 33.9 Å². The molecule has 1 fully saturated rings. The summed E-state index contributed by atoms with van der Waals surface area (Å²) in [5.41, 5.74) is 3.25. The smallest absolute Gasteiger partial charge is 0.269 e. The van der Waals surface area contributed by atoms with E-state index in [4.69, 9.17) is 0 Å². The average molecular weight is 424 g/mol. The standard InChI is InChI=1S/C23H29N5O3/c1-15-16(2)27(19-9-5-6-10-19)23(21(15)13-24)25-22(29)14-26(4)17(3)18-8-7-11-20(12-18)28(30)31/h7-8,11-12,17,19H,5-6,9-10,14H2,1-4H3,(H,25,29).